The maximum atomic E-state index is 6.26. The molecule has 1 atom stereocenters. The molecule has 1 unspecified atom stereocenters. The Balaban J connectivity index is 2.05. The van der Waals surface area contributed by atoms with Crippen LogP contribution in [0.4, 0.5) is 0 Å². The van der Waals surface area contributed by atoms with Crippen LogP contribution in [-0.2, 0) is 0 Å². The van der Waals surface area contributed by atoms with Crippen LogP contribution in [0.3, 0.4) is 0 Å². The van der Waals surface area contributed by atoms with Crippen molar-refractivity contribution in [3.63, 3.8) is 0 Å². The second kappa shape index (κ2) is 7.59. The molecule has 0 heterocycles. The molecule has 0 amide bonds. The molecule has 2 rings (SSSR count). The molecule has 0 fully saturated rings. The summed E-state index contributed by atoms with van der Waals surface area (Å²) >= 11 is 7.57. The van der Waals surface area contributed by atoms with Crippen molar-refractivity contribution in [2.24, 2.45) is 5.73 Å². The predicted molar refractivity (Wildman–Crippen MR) is 88.7 cm³/mol. The largest absolute Gasteiger partial charge is 0.497 e. The smallest absolute Gasteiger partial charge is 0.122 e. The Bertz CT molecular complexity index is 567. The topological polar surface area (TPSA) is 44.5 Å². The molecule has 0 aliphatic carbocycles. The number of thioether (sulfide) groups is 1. The van der Waals surface area contributed by atoms with Gasteiger partial charge in [-0.2, -0.15) is 0 Å². The number of nitrogens with two attached hydrogens (primary N) is 1. The van der Waals surface area contributed by atoms with E-state index in [1.54, 1.807) is 26.0 Å². The fraction of sp³-hybridized carbons (Fsp3) is 0.250. The second-order valence-electron chi connectivity index (χ2n) is 4.52. The highest BCUT2D eigenvalue weighted by molar-refractivity contribution is 7.99. The fourth-order valence-corrected chi connectivity index (χ4v) is 2.88. The van der Waals surface area contributed by atoms with Crippen molar-refractivity contribution < 1.29 is 9.47 Å². The number of rotatable bonds is 6. The van der Waals surface area contributed by atoms with Gasteiger partial charge in [0, 0.05) is 27.8 Å². The molecule has 0 saturated carbocycles. The average Bonchev–Trinajstić information content (AvgIpc) is 2.53. The molecule has 0 aromatic heterocycles. The van der Waals surface area contributed by atoms with Gasteiger partial charge in [0.1, 0.15) is 11.5 Å². The third-order valence-electron chi connectivity index (χ3n) is 3.05. The summed E-state index contributed by atoms with van der Waals surface area (Å²) in [5, 5.41) is 0.737. The van der Waals surface area contributed by atoms with E-state index in [4.69, 9.17) is 26.8 Å². The van der Waals surface area contributed by atoms with E-state index in [1.165, 1.54) is 0 Å². The molecule has 2 N–H and O–H groups in total. The van der Waals surface area contributed by atoms with Crippen molar-refractivity contribution in [2.45, 2.75) is 10.9 Å². The predicted octanol–water partition coefficient (Wildman–Crippen LogP) is 4.15. The molecule has 0 bridgehead atoms. The minimum Gasteiger partial charge on any atom is -0.497 e. The highest BCUT2D eigenvalue weighted by Gasteiger charge is 2.10. The van der Waals surface area contributed by atoms with Gasteiger partial charge in [-0.3, -0.25) is 0 Å². The molecule has 21 heavy (non-hydrogen) atoms. The van der Waals surface area contributed by atoms with Crippen LogP contribution in [0.1, 0.15) is 11.6 Å². The van der Waals surface area contributed by atoms with E-state index in [-0.39, 0.29) is 6.04 Å². The Hall–Kier alpha value is -1.36. The van der Waals surface area contributed by atoms with Gasteiger partial charge >= 0.3 is 0 Å². The minimum absolute atomic E-state index is 0.102. The first-order valence-corrected chi connectivity index (χ1v) is 7.85. The van der Waals surface area contributed by atoms with Gasteiger partial charge in [0.2, 0.25) is 0 Å². The molecular weight excluding hydrogens is 306 g/mol. The third kappa shape index (κ3) is 4.56. The van der Waals surface area contributed by atoms with Crippen molar-refractivity contribution in [1.82, 2.24) is 0 Å². The van der Waals surface area contributed by atoms with Gasteiger partial charge in [-0.05, 0) is 42.0 Å². The summed E-state index contributed by atoms with van der Waals surface area (Å²) in [6.07, 6.45) is 0. The molecule has 5 heteroatoms. The lowest BCUT2D eigenvalue weighted by Crippen LogP contribution is -2.13. The van der Waals surface area contributed by atoms with E-state index in [1.807, 2.05) is 42.5 Å². The Labute approximate surface area is 134 Å². The summed E-state index contributed by atoms with van der Waals surface area (Å²) in [7, 11) is 3.26. The summed E-state index contributed by atoms with van der Waals surface area (Å²) in [5.74, 6) is 2.25. The van der Waals surface area contributed by atoms with Crippen molar-refractivity contribution >= 4 is 23.4 Å². The Kier molecular flexibility index (Phi) is 5.79. The van der Waals surface area contributed by atoms with Crippen LogP contribution in [0.5, 0.6) is 11.5 Å². The Morgan fingerprint density at radius 3 is 2.14 bits per heavy atom. The zero-order chi connectivity index (χ0) is 15.2. The quantitative estimate of drug-likeness (QED) is 0.811. The van der Waals surface area contributed by atoms with E-state index in [9.17, 15) is 0 Å². The van der Waals surface area contributed by atoms with Crippen LogP contribution in [0.2, 0.25) is 5.02 Å². The summed E-state index contributed by atoms with van der Waals surface area (Å²) in [5.41, 5.74) is 7.26. The van der Waals surface area contributed by atoms with Crippen molar-refractivity contribution in [3.8, 4) is 11.5 Å². The van der Waals surface area contributed by atoms with Gasteiger partial charge in [0.25, 0.3) is 0 Å². The van der Waals surface area contributed by atoms with Crippen molar-refractivity contribution in [1.29, 1.82) is 0 Å². The van der Waals surface area contributed by atoms with E-state index in [0.717, 1.165) is 32.7 Å². The van der Waals surface area contributed by atoms with Crippen molar-refractivity contribution in [3.05, 3.63) is 53.1 Å². The van der Waals surface area contributed by atoms with Crippen LogP contribution in [0.25, 0.3) is 0 Å². The van der Waals surface area contributed by atoms with Crippen LogP contribution in [-0.4, -0.2) is 20.0 Å². The number of benzene rings is 2. The van der Waals surface area contributed by atoms with E-state index < -0.39 is 0 Å². The standard InChI is InChI=1S/C16H18ClNO2S/c1-19-13-7-11(8-14(9-13)20-2)16(18)10-21-15-5-3-12(17)4-6-15/h3-9,16H,10,18H2,1-2H3. The Morgan fingerprint density at radius 2 is 1.62 bits per heavy atom. The summed E-state index contributed by atoms with van der Waals surface area (Å²) < 4.78 is 10.5. The van der Waals surface area contributed by atoms with Crippen LogP contribution in [0, 0.1) is 0 Å². The van der Waals surface area contributed by atoms with Gasteiger partial charge in [0.05, 0.1) is 14.2 Å². The Morgan fingerprint density at radius 1 is 1.05 bits per heavy atom. The summed E-state index contributed by atoms with van der Waals surface area (Å²) in [6.45, 7) is 0. The highest BCUT2D eigenvalue weighted by atomic mass is 35.5. The van der Waals surface area contributed by atoms with Crippen LogP contribution < -0.4 is 15.2 Å². The summed E-state index contributed by atoms with van der Waals surface area (Å²) in [6, 6.07) is 13.4. The van der Waals surface area contributed by atoms with Gasteiger partial charge in [0.15, 0.2) is 0 Å². The lowest BCUT2D eigenvalue weighted by molar-refractivity contribution is 0.393. The van der Waals surface area contributed by atoms with Crippen LogP contribution >= 0.6 is 23.4 Å². The second-order valence-corrected chi connectivity index (χ2v) is 6.05. The number of ether oxygens (including phenoxy) is 2. The summed E-state index contributed by atoms with van der Waals surface area (Å²) in [4.78, 5) is 1.14. The highest BCUT2D eigenvalue weighted by Crippen LogP contribution is 2.29. The lowest BCUT2D eigenvalue weighted by Gasteiger charge is -2.14. The number of hydrogen-bond donors (Lipinski definition) is 1. The van der Waals surface area contributed by atoms with Gasteiger partial charge in [-0.25, -0.2) is 0 Å². The van der Waals surface area contributed by atoms with E-state index >= 15 is 0 Å². The number of hydrogen-bond acceptors (Lipinski definition) is 4. The third-order valence-corrected chi connectivity index (χ3v) is 4.43. The van der Waals surface area contributed by atoms with Crippen LogP contribution in [0.15, 0.2) is 47.4 Å². The number of methoxy groups -OCH3 is 2. The van der Waals surface area contributed by atoms with Crippen molar-refractivity contribution in [2.75, 3.05) is 20.0 Å². The molecule has 2 aromatic rings. The first kappa shape index (κ1) is 16.0. The zero-order valence-corrected chi connectivity index (χ0v) is 13.6. The van der Waals surface area contributed by atoms with E-state index in [2.05, 4.69) is 0 Å². The normalized spacial score (nSPS) is 12.0. The molecule has 0 aliphatic rings. The monoisotopic (exact) mass is 323 g/mol. The SMILES string of the molecule is COc1cc(OC)cc(C(N)CSc2ccc(Cl)cc2)c1. The molecule has 3 nitrogen and oxygen atoms in total. The van der Waals surface area contributed by atoms with Gasteiger partial charge in [-0.1, -0.05) is 11.6 Å². The fourth-order valence-electron chi connectivity index (χ4n) is 1.86. The molecule has 0 aliphatic heterocycles. The van der Waals surface area contributed by atoms with E-state index in [0.29, 0.717) is 0 Å². The number of halogens is 1. The molecule has 0 spiro atoms. The zero-order valence-electron chi connectivity index (χ0n) is 12.0. The first-order chi connectivity index (χ1) is 10.1. The molecule has 0 saturated heterocycles. The first-order valence-electron chi connectivity index (χ1n) is 6.49. The minimum atomic E-state index is -0.102. The average molecular weight is 324 g/mol. The van der Waals surface area contributed by atoms with Gasteiger partial charge in [-0.15, -0.1) is 11.8 Å². The molecule has 2 aromatic carbocycles. The molecule has 112 valence electrons. The van der Waals surface area contributed by atoms with Gasteiger partial charge < -0.3 is 15.2 Å². The maximum absolute atomic E-state index is 6.26. The maximum Gasteiger partial charge on any atom is 0.122 e. The molecular formula is C16H18ClNO2S. The molecule has 0 radical (unpaired) electrons. The lowest BCUT2D eigenvalue weighted by atomic mass is 10.1.